The van der Waals surface area contributed by atoms with Gasteiger partial charge in [0.15, 0.2) is 0 Å². The summed E-state index contributed by atoms with van der Waals surface area (Å²) in [5.74, 6) is 0. The van der Waals surface area contributed by atoms with Crippen molar-refractivity contribution in [1.82, 2.24) is 5.32 Å². The van der Waals surface area contributed by atoms with Crippen LogP contribution in [0.5, 0.6) is 0 Å². The lowest BCUT2D eigenvalue weighted by molar-refractivity contribution is 0.529. The summed E-state index contributed by atoms with van der Waals surface area (Å²) in [6.45, 7) is 4.41. The summed E-state index contributed by atoms with van der Waals surface area (Å²) in [6, 6.07) is 19.6. The zero-order valence-electron chi connectivity index (χ0n) is 19.5. The second-order valence-electron chi connectivity index (χ2n) is 8.84. The first-order valence-electron chi connectivity index (χ1n) is 12.7. The van der Waals surface area contributed by atoms with E-state index in [1.807, 2.05) is 0 Å². The van der Waals surface area contributed by atoms with E-state index in [2.05, 4.69) is 66.8 Å². The Bertz CT molecular complexity index is 617. The summed E-state index contributed by atoms with van der Waals surface area (Å²) in [6.07, 6.45) is 19.9. The Hall–Kier alpha value is -1.60. The van der Waals surface area contributed by atoms with Crippen molar-refractivity contribution in [2.24, 2.45) is 0 Å². The summed E-state index contributed by atoms with van der Waals surface area (Å²) in [5, 5.41) is 3.60. The van der Waals surface area contributed by atoms with Gasteiger partial charge in [0, 0.05) is 6.54 Å². The highest BCUT2D eigenvalue weighted by Crippen LogP contribution is 2.19. The average molecular weight is 408 g/mol. The van der Waals surface area contributed by atoms with Crippen molar-refractivity contribution < 1.29 is 0 Å². The molecule has 0 saturated carbocycles. The molecule has 0 unspecified atom stereocenters. The van der Waals surface area contributed by atoms with Crippen LogP contribution < -0.4 is 5.32 Å². The van der Waals surface area contributed by atoms with Gasteiger partial charge in [-0.25, -0.2) is 0 Å². The summed E-state index contributed by atoms with van der Waals surface area (Å²) in [7, 11) is 0. The van der Waals surface area contributed by atoms with Crippen LogP contribution in [-0.4, -0.2) is 6.54 Å². The van der Waals surface area contributed by atoms with Crippen LogP contribution in [0.4, 0.5) is 0 Å². The lowest BCUT2D eigenvalue weighted by Gasteiger charge is -2.07. The molecule has 1 N–H and O–H groups in total. The molecule has 0 aliphatic heterocycles. The minimum atomic E-state index is 0.980. The standard InChI is InChI=1S/C29H45N/c1-2-3-4-5-6-7-8-9-10-11-12-13-14-18-25-30-26-27-21-23-29(24-22-27)28-19-16-15-17-20-28/h15-17,19-24,30H,2-14,18,25-26H2,1H3. The fraction of sp³-hybridized carbons (Fsp3) is 0.586. The second-order valence-corrected chi connectivity index (χ2v) is 8.84. The summed E-state index contributed by atoms with van der Waals surface area (Å²) in [4.78, 5) is 0. The summed E-state index contributed by atoms with van der Waals surface area (Å²) in [5.41, 5.74) is 3.96. The van der Waals surface area contributed by atoms with E-state index < -0.39 is 0 Å². The van der Waals surface area contributed by atoms with E-state index in [4.69, 9.17) is 0 Å². The molecule has 0 atom stereocenters. The van der Waals surface area contributed by atoms with Gasteiger partial charge in [-0.2, -0.15) is 0 Å². The first-order valence-corrected chi connectivity index (χ1v) is 12.7. The fourth-order valence-electron chi connectivity index (χ4n) is 4.12. The first kappa shape index (κ1) is 24.7. The van der Waals surface area contributed by atoms with Crippen molar-refractivity contribution >= 4 is 0 Å². The van der Waals surface area contributed by atoms with Gasteiger partial charge in [0.05, 0.1) is 0 Å². The smallest absolute Gasteiger partial charge is 0.0205 e. The van der Waals surface area contributed by atoms with Gasteiger partial charge in [0.25, 0.3) is 0 Å². The molecule has 0 aromatic heterocycles. The van der Waals surface area contributed by atoms with Crippen LogP contribution in [0, 0.1) is 0 Å². The summed E-state index contributed by atoms with van der Waals surface area (Å²) < 4.78 is 0. The molecule has 2 rings (SSSR count). The van der Waals surface area contributed by atoms with Crippen molar-refractivity contribution in [1.29, 1.82) is 0 Å². The molecule has 0 spiro atoms. The van der Waals surface area contributed by atoms with E-state index in [9.17, 15) is 0 Å². The molecule has 1 heteroatoms. The minimum absolute atomic E-state index is 0.980. The quantitative estimate of drug-likeness (QED) is 0.243. The van der Waals surface area contributed by atoms with Crippen LogP contribution in [0.15, 0.2) is 54.6 Å². The van der Waals surface area contributed by atoms with E-state index in [1.165, 1.54) is 107 Å². The summed E-state index contributed by atoms with van der Waals surface area (Å²) >= 11 is 0. The van der Waals surface area contributed by atoms with Crippen molar-refractivity contribution in [2.45, 2.75) is 103 Å². The largest absolute Gasteiger partial charge is 0.313 e. The molecule has 30 heavy (non-hydrogen) atoms. The van der Waals surface area contributed by atoms with E-state index in [0.717, 1.165) is 13.1 Å². The Labute approximate surface area is 186 Å². The van der Waals surface area contributed by atoms with Gasteiger partial charge in [0.1, 0.15) is 0 Å². The number of unbranched alkanes of at least 4 members (excludes halogenated alkanes) is 13. The third-order valence-corrected chi connectivity index (χ3v) is 6.10. The Kier molecular flexibility index (Phi) is 14.1. The zero-order chi connectivity index (χ0) is 21.1. The van der Waals surface area contributed by atoms with E-state index in [-0.39, 0.29) is 0 Å². The first-order chi connectivity index (χ1) is 14.9. The van der Waals surface area contributed by atoms with Crippen molar-refractivity contribution in [2.75, 3.05) is 6.54 Å². The second kappa shape index (κ2) is 17.1. The van der Waals surface area contributed by atoms with Crippen LogP contribution in [0.3, 0.4) is 0 Å². The SMILES string of the molecule is CCCCCCCCCCCCCCCCNCc1ccc(-c2ccccc2)cc1. The molecule has 166 valence electrons. The minimum Gasteiger partial charge on any atom is -0.313 e. The van der Waals surface area contributed by atoms with Crippen LogP contribution in [0.2, 0.25) is 0 Å². The molecular weight excluding hydrogens is 362 g/mol. The highest BCUT2D eigenvalue weighted by molar-refractivity contribution is 5.63. The van der Waals surface area contributed by atoms with Gasteiger partial charge in [0.2, 0.25) is 0 Å². The molecule has 0 fully saturated rings. The topological polar surface area (TPSA) is 12.0 Å². The van der Waals surface area contributed by atoms with Crippen molar-refractivity contribution in [3.05, 3.63) is 60.2 Å². The number of hydrogen-bond acceptors (Lipinski definition) is 1. The maximum absolute atomic E-state index is 3.60. The van der Waals surface area contributed by atoms with E-state index >= 15 is 0 Å². The van der Waals surface area contributed by atoms with Crippen LogP contribution in [-0.2, 0) is 6.54 Å². The van der Waals surface area contributed by atoms with Gasteiger partial charge >= 0.3 is 0 Å². The molecule has 0 aliphatic rings. The predicted molar refractivity (Wildman–Crippen MR) is 134 cm³/mol. The van der Waals surface area contributed by atoms with Crippen molar-refractivity contribution in [3.63, 3.8) is 0 Å². The Morgan fingerprint density at radius 3 is 1.50 bits per heavy atom. The van der Waals surface area contributed by atoms with Crippen LogP contribution in [0.25, 0.3) is 11.1 Å². The van der Waals surface area contributed by atoms with E-state index in [0.29, 0.717) is 0 Å². The molecule has 0 bridgehead atoms. The Morgan fingerprint density at radius 1 is 0.500 bits per heavy atom. The predicted octanol–water partition coefficient (Wildman–Crippen LogP) is 8.92. The van der Waals surface area contributed by atoms with Crippen molar-refractivity contribution in [3.8, 4) is 11.1 Å². The highest BCUT2D eigenvalue weighted by atomic mass is 14.8. The molecule has 0 heterocycles. The van der Waals surface area contributed by atoms with E-state index in [1.54, 1.807) is 0 Å². The Morgan fingerprint density at radius 2 is 0.967 bits per heavy atom. The molecule has 0 aliphatic carbocycles. The van der Waals surface area contributed by atoms with Gasteiger partial charge in [-0.1, -0.05) is 145 Å². The number of nitrogens with one attached hydrogen (secondary N) is 1. The highest BCUT2D eigenvalue weighted by Gasteiger charge is 1.98. The molecule has 0 saturated heterocycles. The zero-order valence-corrected chi connectivity index (χ0v) is 19.5. The fourth-order valence-corrected chi connectivity index (χ4v) is 4.12. The van der Waals surface area contributed by atoms with Gasteiger partial charge < -0.3 is 5.32 Å². The molecule has 2 aromatic rings. The van der Waals surface area contributed by atoms with Crippen LogP contribution in [0.1, 0.15) is 102 Å². The molecular formula is C29H45N. The lowest BCUT2D eigenvalue weighted by atomic mass is 10.0. The molecule has 0 amide bonds. The number of rotatable bonds is 18. The number of hydrogen-bond donors (Lipinski definition) is 1. The average Bonchev–Trinajstić information content (AvgIpc) is 2.80. The lowest BCUT2D eigenvalue weighted by Crippen LogP contribution is -2.14. The normalized spacial score (nSPS) is 11.1. The van der Waals surface area contributed by atoms with Gasteiger partial charge in [-0.05, 0) is 29.7 Å². The molecule has 0 radical (unpaired) electrons. The number of benzene rings is 2. The maximum atomic E-state index is 3.60. The molecule has 2 aromatic carbocycles. The third kappa shape index (κ3) is 11.6. The Balaban J connectivity index is 1.37. The maximum Gasteiger partial charge on any atom is 0.0205 e. The van der Waals surface area contributed by atoms with Gasteiger partial charge in [-0.15, -0.1) is 0 Å². The third-order valence-electron chi connectivity index (χ3n) is 6.10. The molecule has 1 nitrogen and oxygen atoms in total. The monoisotopic (exact) mass is 407 g/mol. The van der Waals surface area contributed by atoms with Crippen LogP contribution >= 0.6 is 0 Å². The van der Waals surface area contributed by atoms with Gasteiger partial charge in [-0.3, -0.25) is 0 Å².